The Morgan fingerprint density at radius 3 is 2.90 bits per heavy atom. The summed E-state index contributed by atoms with van der Waals surface area (Å²) in [6.45, 7) is 1.40. The molecule has 2 heterocycles. The third kappa shape index (κ3) is 3.15. The van der Waals surface area contributed by atoms with Gasteiger partial charge >= 0.3 is 0 Å². The maximum absolute atomic E-state index is 13.8. The van der Waals surface area contributed by atoms with Crippen LogP contribution in [0.5, 0.6) is 0 Å². The van der Waals surface area contributed by atoms with Gasteiger partial charge in [-0.25, -0.2) is 4.39 Å². The number of aromatic nitrogens is 3. The lowest BCUT2D eigenvalue weighted by Crippen LogP contribution is -2.24. The number of nitrogens with zero attached hydrogens (tertiary/aromatic N) is 4. The predicted octanol–water partition coefficient (Wildman–Crippen LogP) is 1.68. The first-order chi connectivity index (χ1) is 9.50. The van der Waals surface area contributed by atoms with Crippen LogP contribution in [0.2, 0.25) is 5.02 Å². The lowest BCUT2D eigenvalue weighted by molar-refractivity contribution is 0.367. The van der Waals surface area contributed by atoms with E-state index in [9.17, 15) is 4.39 Å². The van der Waals surface area contributed by atoms with Crippen LogP contribution in [0.1, 0.15) is 17.4 Å². The van der Waals surface area contributed by atoms with Gasteiger partial charge in [-0.2, -0.15) is 5.10 Å². The maximum atomic E-state index is 13.8. The second-order valence-electron chi connectivity index (χ2n) is 4.75. The summed E-state index contributed by atoms with van der Waals surface area (Å²) >= 11 is 6.13. The molecule has 7 heteroatoms. The fourth-order valence-corrected chi connectivity index (χ4v) is 2.17. The zero-order chi connectivity index (χ0) is 14.7. The van der Waals surface area contributed by atoms with Gasteiger partial charge in [0.25, 0.3) is 0 Å². The van der Waals surface area contributed by atoms with Gasteiger partial charge in [0.15, 0.2) is 0 Å². The molecule has 0 aliphatic rings. The molecule has 5 nitrogen and oxygen atoms in total. The molecule has 0 aliphatic carbocycles. The van der Waals surface area contributed by atoms with Crippen molar-refractivity contribution in [3.8, 4) is 0 Å². The van der Waals surface area contributed by atoms with E-state index in [1.54, 1.807) is 4.68 Å². The molecule has 2 rings (SSSR count). The summed E-state index contributed by atoms with van der Waals surface area (Å²) < 4.78 is 15.5. The van der Waals surface area contributed by atoms with Gasteiger partial charge < -0.3 is 10.6 Å². The third-order valence-electron chi connectivity index (χ3n) is 2.97. The summed E-state index contributed by atoms with van der Waals surface area (Å²) in [6.07, 6.45) is 3.03. The highest BCUT2D eigenvalue weighted by Crippen LogP contribution is 2.26. The van der Waals surface area contributed by atoms with Crippen molar-refractivity contribution in [2.75, 3.05) is 20.6 Å². The molecule has 0 saturated heterocycles. The minimum Gasteiger partial charge on any atom is -0.318 e. The monoisotopic (exact) mass is 297 g/mol. The topological polar surface area (TPSA) is 60.0 Å². The fraction of sp³-hybridized carbons (Fsp3) is 0.385. The predicted molar refractivity (Wildman–Crippen MR) is 76.0 cm³/mol. The molecule has 2 aromatic rings. The molecular weight excluding hydrogens is 281 g/mol. The van der Waals surface area contributed by atoms with Gasteiger partial charge in [-0.05, 0) is 26.2 Å². The summed E-state index contributed by atoms with van der Waals surface area (Å²) in [4.78, 5) is 6.02. The first-order valence-electron chi connectivity index (χ1n) is 6.22. The first kappa shape index (κ1) is 14.9. The van der Waals surface area contributed by atoms with E-state index in [0.717, 1.165) is 6.54 Å². The maximum Gasteiger partial charge on any atom is 0.146 e. The lowest BCUT2D eigenvalue weighted by Gasteiger charge is -2.16. The van der Waals surface area contributed by atoms with Gasteiger partial charge in [0.05, 0.1) is 35.2 Å². The van der Waals surface area contributed by atoms with Crippen molar-refractivity contribution in [3.05, 3.63) is 46.8 Å². The Hall–Kier alpha value is -1.50. The van der Waals surface area contributed by atoms with Crippen LogP contribution < -0.4 is 5.73 Å². The van der Waals surface area contributed by atoms with Crippen molar-refractivity contribution in [3.63, 3.8) is 0 Å². The zero-order valence-electron chi connectivity index (χ0n) is 11.4. The molecular formula is C13H17ClFN5. The van der Waals surface area contributed by atoms with Crippen LogP contribution in [0.25, 0.3) is 0 Å². The fourth-order valence-electron chi connectivity index (χ4n) is 1.91. The van der Waals surface area contributed by atoms with Gasteiger partial charge in [0, 0.05) is 12.7 Å². The van der Waals surface area contributed by atoms with Crippen LogP contribution in [0.15, 0.2) is 24.5 Å². The minimum atomic E-state index is -0.742. The number of hydrogen-bond acceptors (Lipinski definition) is 4. The Labute approximate surface area is 122 Å². The highest BCUT2D eigenvalue weighted by Gasteiger charge is 2.22. The smallest absolute Gasteiger partial charge is 0.146 e. The Morgan fingerprint density at radius 2 is 2.25 bits per heavy atom. The van der Waals surface area contributed by atoms with Crippen molar-refractivity contribution >= 4 is 11.6 Å². The second-order valence-corrected chi connectivity index (χ2v) is 5.16. The van der Waals surface area contributed by atoms with Crippen molar-refractivity contribution in [1.82, 2.24) is 19.7 Å². The van der Waals surface area contributed by atoms with Gasteiger partial charge in [-0.3, -0.25) is 9.67 Å². The minimum absolute atomic E-state index is 0.168. The molecule has 0 radical (unpaired) electrons. The van der Waals surface area contributed by atoms with E-state index in [1.165, 1.54) is 24.5 Å². The molecule has 0 spiro atoms. The summed E-state index contributed by atoms with van der Waals surface area (Å²) in [5.74, 6) is -0.448. The Kier molecular flexibility index (Phi) is 4.69. The van der Waals surface area contributed by atoms with E-state index in [-0.39, 0.29) is 5.69 Å². The summed E-state index contributed by atoms with van der Waals surface area (Å²) in [6, 6.07) is 2.11. The summed E-state index contributed by atoms with van der Waals surface area (Å²) in [7, 11) is 3.92. The quantitative estimate of drug-likeness (QED) is 0.912. The number of rotatable bonds is 5. The molecule has 2 aromatic heterocycles. The molecule has 0 saturated carbocycles. The van der Waals surface area contributed by atoms with E-state index in [0.29, 0.717) is 17.3 Å². The van der Waals surface area contributed by atoms with E-state index < -0.39 is 11.9 Å². The van der Waals surface area contributed by atoms with Crippen LogP contribution in [-0.4, -0.2) is 40.3 Å². The first-order valence-corrected chi connectivity index (χ1v) is 6.60. The largest absolute Gasteiger partial charge is 0.318 e. The van der Waals surface area contributed by atoms with Crippen molar-refractivity contribution in [2.45, 2.75) is 12.6 Å². The standard InChI is InChI=1S/C13H17ClFN5/c1-19(2)6-7-20-13(9(14)8-18-20)11(16)12-10(15)4-3-5-17-12/h3-5,8,11H,6-7,16H2,1-2H3. The molecule has 0 bridgehead atoms. The number of nitrogens with two attached hydrogens (primary N) is 1. The molecule has 2 N–H and O–H groups in total. The van der Waals surface area contributed by atoms with Gasteiger partial charge in [-0.15, -0.1) is 0 Å². The van der Waals surface area contributed by atoms with Crippen LogP contribution in [0.4, 0.5) is 4.39 Å². The van der Waals surface area contributed by atoms with Crippen LogP contribution >= 0.6 is 11.6 Å². The second kappa shape index (κ2) is 6.30. The third-order valence-corrected chi connectivity index (χ3v) is 3.26. The highest BCUT2D eigenvalue weighted by atomic mass is 35.5. The van der Waals surface area contributed by atoms with E-state index in [4.69, 9.17) is 17.3 Å². The molecule has 0 aliphatic heterocycles. The number of pyridine rings is 1. The van der Waals surface area contributed by atoms with Crippen LogP contribution in [-0.2, 0) is 6.54 Å². The summed E-state index contributed by atoms with van der Waals surface area (Å²) in [5, 5.41) is 4.61. The zero-order valence-corrected chi connectivity index (χ0v) is 12.2. The van der Waals surface area contributed by atoms with E-state index in [1.807, 2.05) is 19.0 Å². The molecule has 0 amide bonds. The van der Waals surface area contributed by atoms with E-state index >= 15 is 0 Å². The number of halogens is 2. The Morgan fingerprint density at radius 1 is 1.50 bits per heavy atom. The van der Waals surface area contributed by atoms with Gasteiger partial charge in [0.1, 0.15) is 5.82 Å². The average molecular weight is 298 g/mol. The SMILES string of the molecule is CN(C)CCn1ncc(Cl)c1C(N)c1ncccc1F. The molecule has 20 heavy (non-hydrogen) atoms. The van der Waals surface area contributed by atoms with Crippen LogP contribution in [0.3, 0.4) is 0 Å². The Bertz CT molecular complexity index is 584. The molecule has 1 unspecified atom stereocenters. The Balaban J connectivity index is 2.32. The van der Waals surface area contributed by atoms with Crippen LogP contribution in [0, 0.1) is 5.82 Å². The molecule has 108 valence electrons. The molecule has 1 atom stereocenters. The summed E-state index contributed by atoms with van der Waals surface area (Å²) in [5.41, 5.74) is 6.85. The van der Waals surface area contributed by atoms with Gasteiger partial charge in [0.2, 0.25) is 0 Å². The van der Waals surface area contributed by atoms with Crippen molar-refractivity contribution in [2.24, 2.45) is 5.73 Å². The number of hydrogen-bond donors (Lipinski definition) is 1. The highest BCUT2D eigenvalue weighted by molar-refractivity contribution is 6.31. The molecule has 0 fully saturated rings. The lowest BCUT2D eigenvalue weighted by atomic mass is 10.1. The average Bonchev–Trinajstić information content (AvgIpc) is 2.77. The van der Waals surface area contributed by atoms with Crippen molar-refractivity contribution < 1.29 is 4.39 Å². The van der Waals surface area contributed by atoms with Gasteiger partial charge in [-0.1, -0.05) is 11.6 Å². The van der Waals surface area contributed by atoms with Crippen molar-refractivity contribution in [1.29, 1.82) is 0 Å². The normalized spacial score (nSPS) is 12.9. The molecule has 0 aromatic carbocycles. The number of likely N-dealkylation sites (N-methyl/N-ethyl adjacent to an activating group) is 1. The van der Waals surface area contributed by atoms with E-state index in [2.05, 4.69) is 10.1 Å².